The van der Waals surface area contributed by atoms with E-state index in [0.717, 1.165) is 42.5 Å². The van der Waals surface area contributed by atoms with E-state index in [1.165, 1.54) is 5.56 Å². The number of benzene rings is 2. The van der Waals surface area contributed by atoms with E-state index in [0.29, 0.717) is 12.5 Å². The predicted octanol–water partition coefficient (Wildman–Crippen LogP) is 5.55. The van der Waals surface area contributed by atoms with Crippen molar-refractivity contribution in [3.8, 4) is 5.75 Å². The number of ether oxygens (including phenoxy) is 1. The fourth-order valence-corrected chi connectivity index (χ4v) is 2.94. The minimum Gasteiger partial charge on any atom is -0.478 e. The smallest absolute Gasteiger partial charge is 0.263 e. The molecule has 2 rings (SSSR count). The molecular weight excluding hydrogens is 384 g/mol. The number of amides is 1. The van der Waals surface area contributed by atoms with Crippen LogP contribution in [0, 0.1) is 17.6 Å². The van der Waals surface area contributed by atoms with Gasteiger partial charge >= 0.3 is 0 Å². The van der Waals surface area contributed by atoms with E-state index in [1.54, 1.807) is 13.8 Å². The molecule has 3 nitrogen and oxygen atoms in total. The molecule has 0 radical (unpaired) electrons. The van der Waals surface area contributed by atoms with Gasteiger partial charge in [0, 0.05) is 29.8 Å². The average Bonchev–Trinajstić information content (AvgIpc) is 2.60. The summed E-state index contributed by atoms with van der Waals surface area (Å²) in [5.74, 6) is -1.56. The molecule has 0 bridgehead atoms. The van der Waals surface area contributed by atoms with Gasteiger partial charge in [0.05, 0.1) is 0 Å². The van der Waals surface area contributed by atoms with Gasteiger partial charge in [-0.05, 0) is 56.7 Å². The van der Waals surface area contributed by atoms with Crippen molar-refractivity contribution in [2.24, 2.45) is 5.92 Å². The Bertz CT molecular complexity index is 773. The third-order valence-electron chi connectivity index (χ3n) is 4.44. The number of hydrogen-bond donors (Lipinski definition) is 1. The number of halogens is 3. The van der Waals surface area contributed by atoms with Crippen LogP contribution in [0.15, 0.2) is 42.5 Å². The Balaban J connectivity index is 1.76. The molecule has 1 atom stereocenters. The van der Waals surface area contributed by atoms with Gasteiger partial charge in [0.25, 0.3) is 5.91 Å². The normalized spacial score (nSPS) is 12.5. The Morgan fingerprint density at radius 3 is 2.36 bits per heavy atom. The van der Waals surface area contributed by atoms with Gasteiger partial charge in [0.2, 0.25) is 0 Å². The van der Waals surface area contributed by atoms with Crippen molar-refractivity contribution in [2.45, 2.75) is 45.6 Å². The number of nitrogens with one attached hydrogen (secondary N) is 1. The van der Waals surface area contributed by atoms with Crippen LogP contribution in [0.25, 0.3) is 0 Å². The monoisotopic (exact) mass is 409 g/mol. The maximum atomic E-state index is 13.3. The molecule has 2 aromatic rings. The van der Waals surface area contributed by atoms with Crippen LogP contribution in [-0.2, 0) is 11.2 Å². The summed E-state index contributed by atoms with van der Waals surface area (Å²) >= 11 is 5.88. The summed E-state index contributed by atoms with van der Waals surface area (Å²) in [5, 5.41) is 3.59. The predicted molar refractivity (Wildman–Crippen MR) is 108 cm³/mol. The van der Waals surface area contributed by atoms with E-state index < -0.39 is 17.2 Å². The maximum Gasteiger partial charge on any atom is 0.263 e. The fraction of sp³-hybridized carbons (Fsp3) is 0.409. The van der Waals surface area contributed by atoms with Gasteiger partial charge in [-0.25, -0.2) is 8.78 Å². The van der Waals surface area contributed by atoms with E-state index in [9.17, 15) is 13.6 Å². The minimum atomic E-state index is -1.25. The first-order valence-electron chi connectivity index (χ1n) is 9.33. The first-order valence-corrected chi connectivity index (χ1v) is 9.71. The van der Waals surface area contributed by atoms with Crippen LogP contribution in [0.5, 0.6) is 5.75 Å². The highest BCUT2D eigenvalue weighted by Gasteiger charge is 2.30. The second-order valence-electron chi connectivity index (χ2n) is 7.55. The Morgan fingerprint density at radius 2 is 1.75 bits per heavy atom. The Hall–Kier alpha value is -2.14. The molecule has 28 heavy (non-hydrogen) atoms. The highest BCUT2D eigenvalue weighted by Crippen LogP contribution is 2.21. The van der Waals surface area contributed by atoms with Crippen molar-refractivity contribution < 1.29 is 18.3 Å². The topological polar surface area (TPSA) is 38.3 Å². The quantitative estimate of drug-likeness (QED) is 0.589. The molecule has 0 aliphatic heterocycles. The lowest BCUT2D eigenvalue weighted by atomic mass is 10.0. The van der Waals surface area contributed by atoms with Crippen molar-refractivity contribution in [3.05, 3.63) is 64.7 Å². The second-order valence-corrected chi connectivity index (χ2v) is 7.99. The zero-order chi connectivity index (χ0) is 20.7. The van der Waals surface area contributed by atoms with Gasteiger partial charge in [-0.3, -0.25) is 4.79 Å². The number of carbonyl (C=O) groups excluding carboxylic acids is 1. The summed E-state index contributed by atoms with van der Waals surface area (Å²) in [5.41, 5.74) is -0.0130. The lowest BCUT2D eigenvalue weighted by Gasteiger charge is -2.26. The first kappa shape index (κ1) is 22.2. The summed E-state index contributed by atoms with van der Waals surface area (Å²) in [6.07, 6.45) is 2.91. The number of carbonyl (C=O) groups is 1. The molecule has 0 heterocycles. The summed E-state index contributed by atoms with van der Waals surface area (Å²) in [6, 6.07) is 10.7. The molecule has 0 spiro atoms. The minimum absolute atomic E-state index is 0.0198. The van der Waals surface area contributed by atoms with Crippen LogP contribution in [0.4, 0.5) is 8.78 Å². The summed E-state index contributed by atoms with van der Waals surface area (Å²) in [4.78, 5) is 12.4. The van der Waals surface area contributed by atoms with Gasteiger partial charge in [0.15, 0.2) is 5.60 Å². The molecular formula is C22H26ClF2NO2. The van der Waals surface area contributed by atoms with Gasteiger partial charge in [-0.1, -0.05) is 30.7 Å². The van der Waals surface area contributed by atoms with E-state index in [4.69, 9.17) is 16.3 Å². The highest BCUT2D eigenvalue weighted by molar-refractivity contribution is 6.30. The largest absolute Gasteiger partial charge is 0.478 e. The third kappa shape index (κ3) is 7.12. The first-order chi connectivity index (χ1) is 13.2. The van der Waals surface area contributed by atoms with Crippen LogP contribution in [0.2, 0.25) is 5.02 Å². The van der Waals surface area contributed by atoms with Gasteiger partial charge in [-0.2, -0.15) is 0 Å². The Kier molecular flexibility index (Phi) is 7.81. The van der Waals surface area contributed by atoms with Crippen molar-refractivity contribution >= 4 is 17.5 Å². The number of aryl methyl sites for hydroxylation is 1. The molecule has 0 saturated carbocycles. The Labute approximate surface area is 170 Å². The van der Waals surface area contributed by atoms with Crippen LogP contribution in [0.3, 0.4) is 0 Å². The molecule has 0 aliphatic carbocycles. The average molecular weight is 410 g/mol. The second kappa shape index (κ2) is 9.87. The van der Waals surface area contributed by atoms with Crippen LogP contribution in [0.1, 0.15) is 39.2 Å². The third-order valence-corrected chi connectivity index (χ3v) is 4.69. The molecule has 6 heteroatoms. The maximum absolute atomic E-state index is 13.3. The standard InChI is InChI=1S/C22H26ClF2NO2/c1-15(5-4-6-16-7-9-17(23)10-8-16)14-26-21(27)22(2,3)28-20-12-18(24)11-19(25)13-20/h7-13,15H,4-6,14H2,1-3H3,(H,26,27). The number of rotatable bonds is 9. The van der Waals surface area contributed by atoms with Gasteiger partial charge in [-0.15, -0.1) is 0 Å². The van der Waals surface area contributed by atoms with E-state index >= 15 is 0 Å². The molecule has 2 aromatic carbocycles. The lowest BCUT2D eigenvalue weighted by molar-refractivity contribution is -0.134. The van der Waals surface area contributed by atoms with E-state index in [2.05, 4.69) is 12.2 Å². The molecule has 152 valence electrons. The van der Waals surface area contributed by atoms with Gasteiger partial charge < -0.3 is 10.1 Å². The number of hydrogen-bond acceptors (Lipinski definition) is 2. The van der Waals surface area contributed by atoms with E-state index in [-0.39, 0.29) is 11.7 Å². The van der Waals surface area contributed by atoms with Crippen molar-refractivity contribution in [1.29, 1.82) is 0 Å². The van der Waals surface area contributed by atoms with Crippen molar-refractivity contribution in [3.63, 3.8) is 0 Å². The summed E-state index contributed by atoms with van der Waals surface area (Å²) in [7, 11) is 0. The van der Waals surface area contributed by atoms with Crippen molar-refractivity contribution in [2.75, 3.05) is 6.54 Å². The summed E-state index contributed by atoms with van der Waals surface area (Å²) in [6.45, 7) is 5.70. The fourth-order valence-electron chi connectivity index (χ4n) is 2.82. The zero-order valence-corrected chi connectivity index (χ0v) is 17.2. The van der Waals surface area contributed by atoms with Crippen LogP contribution < -0.4 is 10.1 Å². The van der Waals surface area contributed by atoms with E-state index in [1.807, 2.05) is 24.3 Å². The lowest BCUT2D eigenvalue weighted by Crippen LogP contribution is -2.47. The molecule has 0 aromatic heterocycles. The van der Waals surface area contributed by atoms with Crippen molar-refractivity contribution in [1.82, 2.24) is 5.32 Å². The van der Waals surface area contributed by atoms with Crippen LogP contribution in [-0.4, -0.2) is 18.1 Å². The molecule has 1 N–H and O–H groups in total. The highest BCUT2D eigenvalue weighted by atomic mass is 35.5. The summed E-state index contributed by atoms with van der Waals surface area (Å²) < 4.78 is 32.1. The molecule has 0 fully saturated rings. The SMILES string of the molecule is CC(CCCc1ccc(Cl)cc1)CNC(=O)C(C)(C)Oc1cc(F)cc(F)c1. The molecule has 0 saturated heterocycles. The Morgan fingerprint density at radius 1 is 1.14 bits per heavy atom. The molecule has 1 amide bonds. The molecule has 0 aliphatic rings. The zero-order valence-electron chi connectivity index (χ0n) is 16.4. The van der Waals surface area contributed by atoms with Crippen LogP contribution >= 0.6 is 11.6 Å². The molecule has 1 unspecified atom stereocenters. The van der Waals surface area contributed by atoms with Gasteiger partial charge in [0.1, 0.15) is 17.4 Å².